The van der Waals surface area contributed by atoms with E-state index in [9.17, 15) is 9.59 Å². The number of amides is 2. The van der Waals surface area contributed by atoms with Gasteiger partial charge < -0.3 is 15.2 Å². The molecule has 0 spiro atoms. The van der Waals surface area contributed by atoms with Crippen molar-refractivity contribution in [2.24, 2.45) is 5.92 Å². The molecule has 0 radical (unpaired) electrons. The van der Waals surface area contributed by atoms with Crippen LogP contribution in [0.2, 0.25) is 5.02 Å². The summed E-state index contributed by atoms with van der Waals surface area (Å²) in [4.78, 5) is 25.4. The number of nitrogens with zero attached hydrogens (tertiary/aromatic N) is 3. The zero-order valence-corrected chi connectivity index (χ0v) is 22.6. The van der Waals surface area contributed by atoms with E-state index in [0.29, 0.717) is 28.1 Å². The summed E-state index contributed by atoms with van der Waals surface area (Å²) < 4.78 is 2.89. The first-order valence-corrected chi connectivity index (χ1v) is 13.0. The topological polar surface area (TPSA) is 88.9 Å². The Labute approximate surface area is 217 Å². The number of anilines is 1. The number of carbonyl (C=O) groups excluding carboxylic acids is 2. The summed E-state index contributed by atoms with van der Waals surface area (Å²) >= 11 is 10.9. The number of carbonyl (C=O) groups is 2. The highest BCUT2D eigenvalue weighted by Gasteiger charge is 2.26. The maximum atomic E-state index is 12.9. The Morgan fingerprint density at radius 3 is 2.56 bits per heavy atom. The predicted octanol–water partition coefficient (Wildman–Crippen LogP) is 5.88. The van der Waals surface area contributed by atoms with E-state index in [4.69, 9.17) is 11.6 Å². The third kappa shape index (κ3) is 6.40. The highest BCUT2D eigenvalue weighted by molar-refractivity contribution is 9.10. The van der Waals surface area contributed by atoms with Gasteiger partial charge in [-0.2, -0.15) is 0 Å². The minimum atomic E-state index is -0.371. The molecule has 180 valence electrons. The van der Waals surface area contributed by atoms with Crippen LogP contribution in [-0.4, -0.2) is 32.3 Å². The Balaban J connectivity index is 1.72. The summed E-state index contributed by atoms with van der Waals surface area (Å²) in [6, 6.07) is 12.3. The fourth-order valence-electron chi connectivity index (χ4n) is 3.41. The second kappa shape index (κ2) is 11.9. The summed E-state index contributed by atoms with van der Waals surface area (Å²) in [5.41, 5.74) is 2.15. The molecule has 0 aliphatic rings. The molecule has 2 amide bonds. The Morgan fingerprint density at radius 2 is 1.91 bits per heavy atom. The summed E-state index contributed by atoms with van der Waals surface area (Å²) in [7, 11) is 0. The van der Waals surface area contributed by atoms with Gasteiger partial charge in [-0.25, -0.2) is 0 Å². The summed E-state index contributed by atoms with van der Waals surface area (Å²) in [6.45, 7) is 8.54. The number of nitrogens with one attached hydrogen (secondary N) is 2. The summed E-state index contributed by atoms with van der Waals surface area (Å²) in [6.07, 6.45) is 0. The molecule has 3 rings (SSSR count). The van der Waals surface area contributed by atoms with Crippen molar-refractivity contribution in [1.82, 2.24) is 20.1 Å². The molecule has 0 fully saturated rings. The molecule has 2 N–H and O–H groups in total. The van der Waals surface area contributed by atoms with Gasteiger partial charge in [-0.1, -0.05) is 65.3 Å². The van der Waals surface area contributed by atoms with Crippen molar-refractivity contribution in [2.45, 2.75) is 45.4 Å². The predicted molar refractivity (Wildman–Crippen MR) is 140 cm³/mol. The van der Waals surface area contributed by atoms with Crippen LogP contribution in [0, 0.1) is 12.8 Å². The molecule has 0 bridgehead atoms. The van der Waals surface area contributed by atoms with Crippen LogP contribution in [0.25, 0.3) is 0 Å². The first-order chi connectivity index (χ1) is 16.2. The number of halogens is 2. The van der Waals surface area contributed by atoms with E-state index in [0.717, 1.165) is 15.7 Å². The maximum absolute atomic E-state index is 12.9. The van der Waals surface area contributed by atoms with Crippen LogP contribution in [0.3, 0.4) is 0 Å². The number of aromatic nitrogens is 3. The molecule has 2 aromatic carbocycles. The molecule has 1 unspecified atom stereocenters. The first kappa shape index (κ1) is 26.2. The van der Waals surface area contributed by atoms with Crippen LogP contribution in [0.4, 0.5) is 5.69 Å². The van der Waals surface area contributed by atoms with E-state index >= 15 is 0 Å². The molecule has 3 aromatic rings. The lowest BCUT2D eigenvalue weighted by Crippen LogP contribution is -2.34. The van der Waals surface area contributed by atoms with E-state index in [1.165, 1.54) is 11.8 Å². The van der Waals surface area contributed by atoms with Crippen LogP contribution < -0.4 is 10.6 Å². The van der Waals surface area contributed by atoms with Crippen LogP contribution in [0.1, 0.15) is 48.6 Å². The molecule has 0 aliphatic heterocycles. The zero-order valence-electron chi connectivity index (χ0n) is 19.4. The van der Waals surface area contributed by atoms with E-state index in [1.54, 1.807) is 24.3 Å². The fourth-order valence-corrected chi connectivity index (χ4v) is 4.92. The molecular formula is C24H27BrClN5O2S. The Morgan fingerprint density at radius 1 is 1.18 bits per heavy atom. The lowest BCUT2D eigenvalue weighted by Gasteiger charge is -2.22. The second-order valence-electron chi connectivity index (χ2n) is 8.06. The van der Waals surface area contributed by atoms with Crippen molar-refractivity contribution in [3.63, 3.8) is 0 Å². The number of aryl methyl sites for hydroxylation is 1. The minimum absolute atomic E-state index is 0.0578. The molecule has 1 aromatic heterocycles. The summed E-state index contributed by atoms with van der Waals surface area (Å²) in [5, 5.41) is 15.7. The van der Waals surface area contributed by atoms with Crippen molar-refractivity contribution in [3.05, 3.63) is 68.9 Å². The van der Waals surface area contributed by atoms with Gasteiger partial charge in [-0.15, -0.1) is 10.2 Å². The van der Waals surface area contributed by atoms with Gasteiger partial charge in [-0.05, 0) is 55.7 Å². The van der Waals surface area contributed by atoms with E-state index in [1.807, 2.05) is 50.5 Å². The largest absolute Gasteiger partial charge is 0.342 e. The van der Waals surface area contributed by atoms with Gasteiger partial charge in [0.15, 0.2) is 11.0 Å². The highest BCUT2D eigenvalue weighted by Crippen LogP contribution is 2.27. The lowest BCUT2D eigenvalue weighted by molar-refractivity contribution is -0.113. The van der Waals surface area contributed by atoms with E-state index < -0.39 is 0 Å². The summed E-state index contributed by atoms with van der Waals surface area (Å²) in [5.74, 6) is 0.488. The SMILES string of the molecule is CCn1c(SCC(=O)Nc2ccc(Br)cc2C)nnc1C(NC(=O)c1ccccc1Cl)C(C)C. The average Bonchev–Trinajstić information content (AvgIpc) is 3.20. The molecule has 0 saturated heterocycles. The number of hydrogen-bond acceptors (Lipinski definition) is 5. The second-order valence-corrected chi connectivity index (χ2v) is 10.3. The van der Waals surface area contributed by atoms with Crippen LogP contribution in [-0.2, 0) is 11.3 Å². The van der Waals surface area contributed by atoms with Crippen molar-refractivity contribution < 1.29 is 9.59 Å². The normalized spacial score (nSPS) is 12.0. The molecule has 34 heavy (non-hydrogen) atoms. The molecule has 0 aliphatic carbocycles. The van der Waals surface area contributed by atoms with Crippen LogP contribution in [0.5, 0.6) is 0 Å². The minimum Gasteiger partial charge on any atom is -0.342 e. The molecule has 1 heterocycles. The van der Waals surface area contributed by atoms with Crippen LogP contribution >= 0.6 is 39.3 Å². The maximum Gasteiger partial charge on any atom is 0.253 e. The van der Waals surface area contributed by atoms with E-state index in [-0.39, 0.29) is 29.5 Å². The van der Waals surface area contributed by atoms with Crippen molar-refractivity contribution in [2.75, 3.05) is 11.1 Å². The van der Waals surface area contributed by atoms with Gasteiger partial charge in [0.25, 0.3) is 5.91 Å². The fraction of sp³-hybridized carbons (Fsp3) is 0.333. The molecule has 10 heteroatoms. The average molecular weight is 565 g/mol. The third-order valence-corrected chi connectivity index (χ3v) is 7.00. The number of benzene rings is 2. The van der Waals surface area contributed by atoms with Gasteiger partial charge in [0.2, 0.25) is 5.91 Å². The molecular weight excluding hydrogens is 538 g/mol. The molecule has 1 atom stereocenters. The number of thioether (sulfide) groups is 1. The van der Waals surface area contributed by atoms with Gasteiger partial charge in [0.1, 0.15) is 0 Å². The van der Waals surface area contributed by atoms with E-state index in [2.05, 4.69) is 36.8 Å². The van der Waals surface area contributed by atoms with Gasteiger partial charge >= 0.3 is 0 Å². The van der Waals surface area contributed by atoms with Gasteiger partial charge in [-0.3, -0.25) is 9.59 Å². The van der Waals surface area contributed by atoms with Crippen molar-refractivity contribution >= 4 is 56.8 Å². The number of hydrogen-bond donors (Lipinski definition) is 2. The number of rotatable bonds is 9. The zero-order chi connectivity index (χ0) is 24.8. The van der Waals surface area contributed by atoms with Gasteiger partial charge in [0.05, 0.1) is 22.4 Å². The van der Waals surface area contributed by atoms with Crippen molar-refractivity contribution in [1.29, 1.82) is 0 Å². The Kier molecular flexibility index (Phi) is 9.16. The smallest absolute Gasteiger partial charge is 0.253 e. The quantitative estimate of drug-likeness (QED) is 0.317. The Bertz CT molecular complexity index is 1180. The van der Waals surface area contributed by atoms with Crippen LogP contribution in [0.15, 0.2) is 52.1 Å². The lowest BCUT2D eigenvalue weighted by atomic mass is 10.0. The first-order valence-electron chi connectivity index (χ1n) is 10.9. The monoisotopic (exact) mass is 563 g/mol. The highest BCUT2D eigenvalue weighted by atomic mass is 79.9. The Hall–Kier alpha value is -2.36. The van der Waals surface area contributed by atoms with Crippen molar-refractivity contribution in [3.8, 4) is 0 Å². The molecule has 0 saturated carbocycles. The standard InChI is InChI=1S/C24H27BrClN5O2S/c1-5-31-22(21(14(2)3)28-23(33)17-8-6-7-9-18(17)26)29-30-24(31)34-13-20(32)27-19-11-10-16(25)12-15(19)4/h6-12,14,21H,5,13H2,1-4H3,(H,27,32)(H,28,33). The molecule has 7 nitrogen and oxygen atoms in total. The van der Waals surface area contributed by atoms with Gasteiger partial charge in [0, 0.05) is 16.7 Å². The third-order valence-electron chi connectivity index (χ3n) is 5.21.